The van der Waals surface area contributed by atoms with Gasteiger partial charge in [-0.3, -0.25) is 0 Å². The molecule has 0 radical (unpaired) electrons. The van der Waals surface area contributed by atoms with E-state index in [-0.39, 0.29) is 0 Å². The molecule has 1 aromatic carbocycles. The summed E-state index contributed by atoms with van der Waals surface area (Å²) in [5.74, 6) is 1.41. The number of hydrogen-bond donors (Lipinski definition) is 1. The van der Waals surface area contributed by atoms with Gasteiger partial charge in [-0.2, -0.15) is 0 Å². The van der Waals surface area contributed by atoms with Crippen molar-refractivity contribution >= 4 is 17.4 Å². The summed E-state index contributed by atoms with van der Waals surface area (Å²) in [4.78, 5) is 8.85. The summed E-state index contributed by atoms with van der Waals surface area (Å²) >= 11 is 6.21. The molecule has 0 saturated heterocycles. The fraction of sp³-hybridized carbons (Fsp3) is 0.286. The van der Waals surface area contributed by atoms with E-state index in [0.717, 1.165) is 23.6 Å². The van der Waals surface area contributed by atoms with Gasteiger partial charge in [0.1, 0.15) is 12.4 Å². The third kappa shape index (κ3) is 3.43. The number of halogens is 1. The topological polar surface area (TPSA) is 47.0 Å². The van der Waals surface area contributed by atoms with Gasteiger partial charge in [-0.25, -0.2) is 9.97 Å². The highest BCUT2D eigenvalue weighted by atomic mass is 35.5. The standard InChI is InChI=1S/C14H16ClN3O/c1-3-16-13-8-12(17-14(18-13)9-19-2)10-6-4-5-7-11(10)15/h4-8H,3,9H2,1-2H3,(H,16,17,18). The van der Waals surface area contributed by atoms with Crippen LogP contribution >= 0.6 is 11.6 Å². The number of benzene rings is 1. The second-order valence-corrected chi connectivity index (χ2v) is 4.41. The van der Waals surface area contributed by atoms with Gasteiger partial charge in [0.15, 0.2) is 5.82 Å². The largest absolute Gasteiger partial charge is 0.377 e. The van der Waals surface area contributed by atoms with Crippen molar-refractivity contribution in [3.8, 4) is 11.3 Å². The molecule has 0 saturated carbocycles. The number of rotatable bonds is 5. The van der Waals surface area contributed by atoms with Crippen molar-refractivity contribution in [3.05, 3.63) is 41.2 Å². The number of anilines is 1. The van der Waals surface area contributed by atoms with Crippen LogP contribution in [0.1, 0.15) is 12.7 Å². The molecule has 1 N–H and O–H groups in total. The van der Waals surface area contributed by atoms with Gasteiger partial charge in [0.25, 0.3) is 0 Å². The summed E-state index contributed by atoms with van der Waals surface area (Å²) in [5, 5.41) is 3.86. The highest BCUT2D eigenvalue weighted by Crippen LogP contribution is 2.27. The predicted molar refractivity (Wildman–Crippen MR) is 77.4 cm³/mol. The lowest BCUT2D eigenvalue weighted by Crippen LogP contribution is -2.05. The van der Waals surface area contributed by atoms with Crippen molar-refractivity contribution in [2.75, 3.05) is 19.0 Å². The van der Waals surface area contributed by atoms with Gasteiger partial charge in [-0.15, -0.1) is 0 Å². The lowest BCUT2D eigenvalue weighted by Gasteiger charge is -2.09. The van der Waals surface area contributed by atoms with Gasteiger partial charge in [-0.1, -0.05) is 29.8 Å². The van der Waals surface area contributed by atoms with Crippen molar-refractivity contribution in [2.45, 2.75) is 13.5 Å². The first-order chi connectivity index (χ1) is 9.24. The molecule has 0 spiro atoms. The van der Waals surface area contributed by atoms with E-state index < -0.39 is 0 Å². The SMILES string of the molecule is CCNc1cc(-c2ccccc2Cl)nc(COC)n1. The average Bonchev–Trinajstić information content (AvgIpc) is 2.40. The van der Waals surface area contributed by atoms with Gasteiger partial charge in [0.2, 0.25) is 0 Å². The van der Waals surface area contributed by atoms with Gasteiger partial charge in [0.05, 0.1) is 5.69 Å². The lowest BCUT2D eigenvalue weighted by molar-refractivity contribution is 0.178. The smallest absolute Gasteiger partial charge is 0.157 e. The molecule has 19 heavy (non-hydrogen) atoms. The number of hydrogen-bond acceptors (Lipinski definition) is 4. The Balaban J connectivity index is 2.46. The summed E-state index contributed by atoms with van der Waals surface area (Å²) in [6.07, 6.45) is 0. The molecule has 5 heteroatoms. The van der Waals surface area contributed by atoms with Crippen LogP contribution in [0.25, 0.3) is 11.3 Å². The molecule has 4 nitrogen and oxygen atoms in total. The normalized spacial score (nSPS) is 10.5. The fourth-order valence-electron chi connectivity index (χ4n) is 1.77. The molecule has 0 aliphatic carbocycles. The van der Waals surface area contributed by atoms with Crippen molar-refractivity contribution in [3.63, 3.8) is 0 Å². The molecule has 0 atom stereocenters. The Labute approximate surface area is 117 Å². The highest BCUT2D eigenvalue weighted by molar-refractivity contribution is 6.33. The summed E-state index contributed by atoms with van der Waals surface area (Å²) in [7, 11) is 1.62. The molecule has 0 unspecified atom stereocenters. The Morgan fingerprint density at radius 1 is 1.26 bits per heavy atom. The molecule has 2 rings (SSSR count). The van der Waals surface area contributed by atoms with Crippen molar-refractivity contribution in [1.29, 1.82) is 0 Å². The third-order valence-corrected chi connectivity index (χ3v) is 2.88. The number of nitrogens with zero attached hydrogens (tertiary/aromatic N) is 2. The molecule has 0 bridgehead atoms. The van der Waals surface area contributed by atoms with Gasteiger partial charge in [-0.05, 0) is 13.0 Å². The molecule has 0 amide bonds. The van der Waals surface area contributed by atoms with E-state index in [1.807, 2.05) is 37.3 Å². The van der Waals surface area contributed by atoms with E-state index in [9.17, 15) is 0 Å². The second-order valence-electron chi connectivity index (χ2n) is 4.00. The Kier molecular flexibility index (Phi) is 4.71. The second kappa shape index (κ2) is 6.50. The van der Waals surface area contributed by atoms with E-state index in [1.165, 1.54) is 0 Å². The van der Waals surface area contributed by atoms with Crippen LogP contribution in [0.5, 0.6) is 0 Å². The Bertz CT molecular complexity index is 536. The van der Waals surface area contributed by atoms with Crippen LogP contribution in [0.15, 0.2) is 30.3 Å². The molecule has 1 aromatic heterocycles. The number of nitrogens with one attached hydrogen (secondary N) is 1. The zero-order chi connectivity index (χ0) is 13.7. The maximum atomic E-state index is 6.21. The van der Waals surface area contributed by atoms with E-state index in [2.05, 4.69) is 15.3 Å². The first-order valence-corrected chi connectivity index (χ1v) is 6.48. The first kappa shape index (κ1) is 13.8. The summed E-state index contributed by atoms with van der Waals surface area (Å²) in [5.41, 5.74) is 1.69. The zero-order valence-electron chi connectivity index (χ0n) is 11.0. The van der Waals surface area contributed by atoms with Crippen LogP contribution < -0.4 is 5.32 Å². The van der Waals surface area contributed by atoms with Crippen LogP contribution in [0.2, 0.25) is 5.02 Å². The van der Waals surface area contributed by atoms with Crippen LogP contribution in [0.3, 0.4) is 0 Å². The molecule has 1 heterocycles. The van der Waals surface area contributed by atoms with E-state index >= 15 is 0 Å². The van der Waals surface area contributed by atoms with Crippen LogP contribution in [0, 0.1) is 0 Å². The minimum atomic E-state index is 0.372. The molecular weight excluding hydrogens is 262 g/mol. The number of aromatic nitrogens is 2. The van der Waals surface area contributed by atoms with E-state index in [0.29, 0.717) is 17.5 Å². The maximum Gasteiger partial charge on any atom is 0.157 e. The summed E-state index contributed by atoms with van der Waals surface area (Å²) < 4.78 is 5.10. The minimum absolute atomic E-state index is 0.372. The molecular formula is C14H16ClN3O. The quantitative estimate of drug-likeness (QED) is 0.910. The minimum Gasteiger partial charge on any atom is -0.377 e. The lowest BCUT2D eigenvalue weighted by atomic mass is 10.1. The Hall–Kier alpha value is -1.65. The van der Waals surface area contributed by atoms with Crippen LogP contribution in [0.4, 0.5) is 5.82 Å². The van der Waals surface area contributed by atoms with Gasteiger partial charge < -0.3 is 10.1 Å². The number of methoxy groups -OCH3 is 1. The van der Waals surface area contributed by atoms with Gasteiger partial charge in [0, 0.05) is 30.3 Å². The maximum absolute atomic E-state index is 6.21. The zero-order valence-corrected chi connectivity index (χ0v) is 11.7. The Morgan fingerprint density at radius 2 is 2.05 bits per heavy atom. The highest BCUT2D eigenvalue weighted by Gasteiger charge is 2.09. The number of ether oxygens (including phenoxy) is 1. The van der Waals surface area contributed by atoms with Crippen molar-refractivity contribution < 1.29 is 4.74 Å². The third-order valence-electron chi connectivity index (χ3n) is 2.55. The fourth-order valence-corrected chi connectivity index (χ4v) is 2.00. The summed E-state index contributed by atoms with van der Waals surface area (Å²) in [6.45, 7) is 3.19. The molecule has 100 valence electrons. The van der Waals surface area contributed by atoms with E-state index in [1.54, 1.807) is 7.11 Å². The predicted octanol–water partition coefficient (Wildman–Crippen LogP) is 3.38. The molecule has 0 aliphatic rings. The monoisotopic (exact) mass is 277 g/mol. The van der Waals surface area contributed by atoms with Crippen LogP contribution in [-0.2, 0) is 11.3 Å². The first-order valence-electron chi connectivity index (χ1n) is 6.10. The van der Waals surface area contributed by atoms with E-state index in [4.69, 9.17) is 16.3 Å². The molecule has 0 fully saturated rings. The van der Waals surface area contributed by atoms with Crippen LogP contribution in [-0.4, -0.2) is 23.6 Å². The summed E-state index contributed by atoms with van der Waals surface area (Å²) in [6, 6.07) is 9.52. The van der Waals surface area contributed by atoms with Crippen molar-refractivity contribution in [2.24, 2.45) is 0 Å². The van der Waals surface area contributed by atoms with Gasteiger partial charge >= 0.3 is 0 Å². The van der Waals surface area contributed by atoms with Crippen molar-refractivity contribution in [1.82, 2.24) is 9.97 Å². The molecule has 2 aromatic rings. The average molecular weight is 278 g/mol. The molecule has 0 aliphatic heterocycles. The Morgan fingerprint density at radius 3 is 2.74 bits per heavy atom.